The number of nitro groups is 1. The number of carbonyl (C=O) groups is 1. The predicted octanol–water partition coefficient (Wildman–Crippen LogP) is 3.71. The van der Waals surface area contributed by atoms with Crippen molar-refractivity contribution in [2.75, 3.05) is 0 Å². The molecular formula is C13H10FNO4S. The summed E-state index contributed by atoms with van der Waals surface area (Å²) in [6.45, 7) is 1.65. The number of benzene rings is 1. The number of hydrogen-bond donors (Lipinski definition) is 0. The van der Waals surface area contributed by atoms with E-state index in [0.717, 1.165) is 11.3 Å². The molecule has 5 nitrogen and oxygen atoms in total. The van der Waals surface area contributed by atoms with Crippen LogP contribution in [0.1, 0.15) is 28.3 Å². The van der Waals surface area contributed by atoms with Gasteiger partial charge in [0.25, 0.3) is 0 Å². The van der Waals surface area contributed by atoms with Gasteiger partial charge in [0, 0.05) is 6.07 Å². The average molecular weight is 295 g/mol. The zero-order chi connectivity index (χ0) is 14.7. The summed E-state index contributed by atoms with van der Waals surface area (Å²) in [5, 5.41) is 10.4. The topological polar surface area (TPSA) is 69.4 Å². The van der Waals surface area contributed by atoms with Crippen LogP contribution in [0.4, 0.5) is 9.39 Å². The van der Waals surface area contributed by atoms with E-state index in [4.69, 9.17) is 4.74 Å². The summed E-state index contributed by atoms with van der Waals surface area (Å²) < 4.78 is 18.0. The molecule has 0 bridgehead atoms. The van der Waals surface area contributed by atoms with E-state index in [-0.39, 0.29) is 15.7 Å². The van der Waals surface area contributed by atoms with Crippen molar-refractivity contribution in [3.8, 4) is 0 Å². The van der Waals surface area contributed by atoms with E-state index in [1.54, 1.807) is 6.92 Å². The Morgan fingerprint density at radius 2 is 1.95 bits per heavy atom. The van der Waals surface area contributed by atoms with Crippen molar-refractivity contribution in [2.45, 2.75) is 13.0 Å². The zero-order valence-corrected chi connectivity index (χ0v) is 11.2. The zero-order valence-electron chi connectivity index (χ0n) is 10.4. The maximum absolute atomic E-state index is 12.8. The first-order valence-corrected chi connectivity index (χ1v) is 6.49. The quantitative estimate of drug-likeness (QED) is 0.490. The van der Waals surface area contributed by atoms with Crippen LogP contribution < -0.4 is 0 Å². The molecule has 1 heterocycles. The molecule has 0 saturated carbocycles. The summed E-state index contributed by atoms with van der Waals surface area (Å²) in [7, 11) is 0. The van der Waals surface area contributed by atoms with Gasteiger partial charge >= 0.3 is 11.0 Å². The normalized spacial score (nSPS) is 11.9. The molecule has 1 aromatic heterocycles. The van der Waals surface area contributed by atoms with Crippen molar-refractivity contribution in [3.05, 3.63) is 62.8 Å². The Morgan fingerprint density at radius 3 is 2.50 bits per heavy atom. The molecule has 2 rings (SSSR count). The lowest BCUT2D eigenvalue weighted by atomic mass is 10.1. The number of hydrogen-bond acceptors (Lipinski definition) is 5. The number of ether oxygens (including phenoxy) is 1. The van der Waals surface area contributed by atoms with Crippen molar-refractivity contribution in [2.24, 2.45) is 0 Å². The Bertz CT molecular complexity index is 638. The fourth-order valence-electron chi connectivity index (χ4n) is 1.56. The first kappa shape index (κ1) is 14.1. The van der Waals surface area contributed by atoms with Crippen molar-refractivity contribution in [1.82, 2.24) is 0 Å². The summed E-state index contributed by atoms with van der Waals surface area (Å²) in [4.78, 5) is 22.0. The minimum Gasteiger partial charge on any atom is -0.454 e. The van der Waals surface area contributed by atoms with Crippen molar-refractivity contribution in [1.29, 1.82) is 0 Å². The Labute approximate surface area is 117 Å². The first-order valence-electron chi connectivity index (χ1n) is 5.68. The minimum atomic E-state index is -0.639. The Hall–Kier alpha value is -2.28. The third-order valence-electron chi connectivity index (χ3n) is 2.60. The molecule has 0 N–H and O–H groups in total. The van der Waals surface area contributed by atoms with Gasteiger partial charge in [-0.3, -0.25) is 10.1 Å². The maximum Gasteiger partial charge on any atom is 0.349 e. The third-order valence-corrected chi connectivity index (χ3v) is 3.61. The number of esters is 1. The summed E-state index contributed by atoms with van der Waals surface area (Å²) in [5.74, 6) is -1.01. The molecule has 2 aromatic rings. The largest absolute Gasteiger partial charge is 0.454 e. The first-order chi connectivity index (χ1) is 9.47. The molecule has 0 radical (unpaired) electrons. The molecule has 0 aliphatic heterocycles. The highest BCUT2D eigenvalue weighted by molar-refractivity contribution is 7.17. The van der Waals surface area contributed by atoms with Crippen LogP contribution in [0.2, 0.25) is 0 Å². The molecule has 1 aromatic carbocycles. The molecule has 0 fully saturated rings. The van der Waals surface area contributed by atoms with E-state index in [1.165, 1.54) is 36.4 Å². The number of nitrogens with zero attached hydrogens (tertiary/aromatic N) is 1. The number of carbonyl (C=O) groups excluding carboxylic acids is 1. The fourth-order valence-corrected chi connectivity index (χ4v) is 2.26. The van der Waals surface area contributed by atoms with Gasteiger partial charge < -0.3 is 4.74 Å². The molecule has 7 heteroatoms. The maximum atomic E-state index is 12.8. The monoisotopic (exact) mass is 295 g/mol. The lowest BCUT2D eigenvalue weighted by molar-refractivity contribution is -0.380. The highest BCUT2D eigenvalue weighted by atomic mass is 32.1. The van der Waals surface area contributed by atoms with Crippen LogP contribution in [0.15, 0.2) is 36.4 Å². The second-order valence-electron chi connectivity index (χ2n) is 3.99. The molecule has 20 heavy (non-hydrogen) atoms. The lowest BCUT2D eigenvalue weighted by Crippen LogP contribution is -2.07. The highest BCUT2D eigenvalue weighted by Gasteiger charge is 2.19. The molecule has 0 spiro atoms. The van der Waals surface area contributed by atoms with Crippen molar-refractivity contribution >= 4 is 22.3 Å². The van der Waals surface area contributed by atoms with Crippen LogP contribution in [0, 0.1) is 15.9 Å². The van der Waals surface area contributed by atoms with Gasteiger partial charge in [-0.2, -0.15) is 0 Å². The summed E-state index contributed by atoms with van der Waals surface area (Å²) in [5.41, 5.74) is 0.644. The third kappa shape index (κ3) is 3.18. The van der Waals surface area contributed by atoms with Crippen molar-refractivity contribution in [3.63, 3.8) is 0 Å². The van der Waals surface area contributed by atoms with E-state index >= 15 is 0 Å². The fraction of sp³-hybridized carbons (Fsp3) is 0.154. The van der Waals surface area contributed by atoms with Crippen LogP contribution in [0.5, 0.6) is 0 Å². The van der Waals surface area contributed by atoms with Gasteiger partial charge in [-0.1, -0.05) is 23.5 Å². The van der Waals surface area contributed by atoms with Gasteiger partial charge in [-0.05, 0) is 30.7 Å². The molecule has 0 aliphatic carbocycles. The van der Waals surface area contributed by atoms with Crippen LogP contribution in [0.25, 0.3) is 0 Å². The Kier molecular flexibility index (Phi) is 4.09. The van der Waals surface area contributed by atoms with Gasteiger partial charge in [0.1, 0.15) is 16.8 Å². The Balaban J connectivity index is 2.06. The molecule has 104 valence electrons. The van der Waals surface area contributed by atoms with E-state index in [2.05, 4.69) is 0 Å². The highest BCUT2D eigenvalue weighted by Crippen LogP contribution is 2.26. The minimum absolute atomic E-state index is 0.119. The van der Waals surface area contributed by atoms with Crippen LogP contribution in [0.3, 0.4) is 0 Å². The smallest absolute Gasteiger partial charge is 0.349 e. The van der Waals surface area contributed by atoms with E-state index in [1.807, 2.05) is 0 Å². The molecular weight excluding hydrogens is 285 g/mol. The van der Waals surface area contributed by atoms with Gasteiger partial charge in [0.2, 0.25) is 0 Å². The summed E-state index contributed by atoms with van der Waals surface area (Å²) in [6.07, 6.45) is -0.566. The second-order valence-corrected chi connectivity index (χ2v) is 5.06. The number of thiophene rings is 1. The van der Waals surface area contributed by atoms with E-state index in [9.17, 15) is 19.3 Å². The summed E-state index contributed by atoms with van der Waals surface area (Å²) in [6, 6.07) is 8.19. The molecule has 0 aliphatic rings. The van der Waals surface area contributed by atoms with Gasteiger partial charge in [0.05, 0.1) is 4.92 Å². The Morgan fingerprint density at radius 1 is 1.30 bits per heavy atom. The second kappa shape index (κ2) is 5.79. The van der Waals surface area contributed by atoms with Crippen LogP contribution in [-0.4, -0.2) is 10.9 Å². The number of halogens is 1. The van der Waals surface area contributed by atoms with E-state index in [0.29, 0.717) is 5.56 Å². The lowest BCUT2D eigenvalue weighted by Gasteiger charge is -2.12. The average Bonchev–Trinajstić information content (AvgIpc) is 2.89. The molecule has 0 amide bonds. The van der Waals surface area contributed by atoms with Crippen LogP contribution in [-0.2, 0) is 4.74 Å². The predicted molar refractivity (Wildman–Crippen MR) is 71.2 cm³/mol. The standard InChI is InChI=1S/C13H10FNO4S/c1-8(9-2-4-10(14)5-3-9)19-13(16)11-6-7-12(20-11)15(17)18/h2-8H,1H3/t8-/m0/s1. The summed E-state index contributed by atoms with van der Waals surface area (Å²) >= 11 is 0.755. The van der Waals surface area contributed by atoms with Gasteiger partial charge in [-0.25, -0.2) is 9.18 Å². The molecule has 0 saturated heterocycles. The SMILES string of the molecule is C[C@H](OC(=O)c1ccc([N+](=O)[O-])s1)c1ccc(F)cc1. The van der Waals surface area contributed by atoms with Crippen molar-refractivity contribution < 1.29 is 18.8 Å². The number of rotatable bonds is 4. The van der Waals surface area contributed by atoms with Gasteiger partial charge in [-0.15, -0.1) is 0 Å². The molecule has 0 unspecified atom stereocenters. The van der Waals surface area contributed by atoms with E-state index < -0.39 is 17.0 Å². The molecule has 1 atom stereocenters. The van der Waals surface area contributed by atoms with Gasteiger partial charge in [0.15, 0.2) is 0 Å². The van der Waals surface area contributed by atoms with Crippen LogP contribution >= 0.6 is 11.3 Å².